The topological polar surface area (TPSA) is 57.7 Å². The summed E-state index contributed by atoms with van der Waals surface area (Å²) in [5, 5.41) is 0. The van der Waals surface area contributed by atoms with Gasteiger partial charge in [0.15, 0.2) is 0 Å². The molecular formula is C34H29BrN2O3. The lowest BCUT2D eigenvalue weighted by molar-refractivity contribution is -0.142. The van der Waals surface area contributed by atoms with Crippen molar-refractivity contribution in [3.05, 3.63) is 135 Å². The summed E-state index contributed by atoms with van der Waals surface area (Å²) in [4.78, 5) is 45.6. The number of hydrogen-bond donors (Lipinski definition) is 0. The third kappa shape index (κ3) is 4.56. The Morgan fingerprint density at radius 1 is 0.750 bits per heavy atom. The lowest BCUT2D eigenvalue weighted by atomic mass is 9.66. The van der Waals surface area contributed by atoms with E-state index < -0.39 is 11.3 Å². The first-order valence-electron chi connectivity index (χ1n) is 13.5. The van der Waals surface area contributed by atoms with Gasteiger partial charge >= 0.3 is 0 Å². The number of carbonyl (C=O) groups excluding carboxylic acids is 3. The molecule has 0 aromatic heterocycles. The summed E-state index contributed by atoms with van der Waals surface area (Å²) in [7, 11) is 0. The van der Waals surface area contributed by atoms with E-state index in [2.05, 4.69) is 15.9 Å². The zero-order valence-electron chi connectivity index (χ0n) is 22.2. The highest BCUT2D eigenvalue weighted by Gasteiger charge is 2.61. The van der Waals surface area contributed by atoms with Crippen LogP contribution in [0.5, 0.6) is 0 Å². The minimum absolute atomic E-state index is 0.000490. The molecule has 4 aromatic rings. The fraction of sp³-hybridized carbons (Fsp3) is 0.206. The number of fused-ring (bicyclic) bond motifs is 1. The van der Waals surface area contributed by atoms with Gasteiger partial charge in [-0.2, -0.15) is 0 Å². The van der Waals surface area contributed by atoms with Gasteiger partial charge < -0.3 is 4.90 Å². The number of likely N-dealkylation sites (tertiary alicyclic amines) is 1. The van der Waals surface area contributed by atoms with E-state index in [1.54, 1.807) is 0 Å². The van der Waals surface area contributed by atoms with E-state index in [1.165, 1.54) is 4.90 Å². The molecule has 4 aromatic carbocycles. The van der Waals surface area contributed by atoms with Crippen LogP contribution < -0.4 is 4.90 Å². The Bertz CT molecular complexity index is 1590. The number of imide groups is 1. The first-order valence-corrected chi connectivity index (χ1v) is 14.3. The van der Waals surface area contributed by atoms with E-state index >= 15 is 0 Å². The SMILES string of the molecule is Cc1ccc2c(c1)[C@](Cc1ccccc1)([C@H]1CC(=O)N(Cc3ccc(Br)cc3)C1=O)C(=O)N2Cc1ccccc1. The molecule has 6 rings (SSSR count). The zero-order valence-corrected chi connectivity index (χ0v) is 23.8. The van der Waals surface area contributed by atoms with Gasteiger partial charge in [-0.1, -0.05) is 106 Å². The van der Waals surface area contributed by atoms with Crippen LogP contribution in [0.4, 0.5) is 5.69 Å². The average molecular weight is 594 g/mol. The lowest BCUT2D eigenvalue weighted by Gasteiger charge is -2.34. The fourth-order valence-electron chi connectivity index (χ4n) is 6.19. The molecule has 1 fully saturated rings. The molecule has 5 nitrogen and oxygen atoms in total. The van der Waals surface area contributed by atoms with Crippen molar-refractivity contribution in [2.24, 2.45) is 5.92 Å². The maximum absolute atomic E-state index is 14.8. The van der Waals surface area contributed by atoms with Gasteiger partial charge in [-0.15, -0.1) is 0 Å². The lowest BCUT2D eigenvalue weighted by Crippen LogP contribution is -2.49. The van der Waals surface area contributed by atoms with Crippen LogP contribution in [-0.4, -0.2) is 22.6 Å². The number of anilines is 1. The molecule has 0 unspecified atom stereocenters. The summed E-state index contributed by atoms with van der Waals surface area (Å²) in [5.41, 5.74) is 4.27. The molecule has 0 saturated carbocycles. The quantitative estimate of drug-likeness (QED) is 0.235. The molecule has 1 saturated heterocycles. The fourth-order valence-corrected chi connectivity index (χ4v) is 6.45. The van der Waals surface area contributed by atoms with Crippen molar-refractivity contribution in [3.63, 3.8) is 0 Å². The number of aryl methyl sites for hydroxylation is 1. The van der Waals surface area contributed by atoms with Crippen LogP contribution in [0, 0.1) is 12.8 Å². The monoisotopic (exact) mass is 592 g/mol. The summed E-state index contributed by atoms with van der Waals surface area (Å²) < 4.78 is 0.928. The predicted octanol–water partition coefficient (Wildman–Crippen LogP) is 6.36. The maximum Gasteiger partial charge on any atom is 0.239 e. The van der Waals surface area contributed by atoms with Gasteiger partial charge in [0.2, 0.25) is 17.7 Å². The molecule has 200 valence electrons. The number of hydrogen-bond acceptors (Lipinski definition) is 3. The van der Waals surface area contributed by atoms with Gasteiger partial charge in [0.1, 0.15) is 0 Å². The number of rotatable bonds is 7. The third-order valence-corrected chi connectivity index (χ3v) is 8.68. The molecule has 40 heavy (non-hydrogen) atoms. The van der Waals surface area contributed by atoms with Gasteiger partial charge in [-0.25, -0.2) is 0 Å². The van der Waals surface area contributed by atoms with Gasteiger partial charge in [0.05, 0.1) is 24.4 Å². The molecule has 0 bridgehead atoms. The Hall–Kier alpha value is -4.03. The molecule has 0 spiro atoms. The Balaban J connectivity index is 1.46. The molecule has 3 amide bonds. The Kier molecular flexibility index (Phi) is 6.88. The molecule has 0 radical (unpaired) electrons. The second-order valence-electron chi connectivity index (χ2n) is 10.7. The van der Waals surface area contributed by atoms with Crippen molar-refractivity contribution in [1.82, 2.24) is 4.90 Å². The van der Waals surface area contributed by atoms with Gasteiger partial charge in [0, 0.05) is 16.6 Å². The Morgan fingerprint density at radius 3 is 2.02 bits per heavy atom. The summed E-state index contributed by atoms with van der Waals surface area (Å²) in [5.74, 6) is -1.46. The molecule has 2 aliphatic heterocycles. The summed E-state index contributed by atoms with van der Waals surface area (Å²) in [6.07, 6.45) is 0.338. The van der Waals surface area contributed by atoms with Gasteiger partial charge in [-0.05, 0) is 53.8 Å². The van der Waals surface area contributed by atoms with Gasteiger partial charge in [0.25, 0.3) is 0 Å². The molecule has 2 aliphatic rings. The van der Waals surface area contributed by atoms with E-state index in [0.717, 1.165) is 38.0 Å². The standard InChI is InChI=1S/C34H29BrN2O3/c1-23-12-17-30-28(18-23)34(20-24-8-4-2-5-9-24,33(40)36(30)21-25-10-6-3-7-11-25)29-19-31(38)37(32(29)39)22-26-13-15-27(35)16-14-26/h2-18,29H,19-22H2,1H3/t29-,34+/m0/s1. The smallest absolute Gasteiger partial charge is 0.239 e. The number of halogens is 1. The van der Waals surface area contributed by atoms with Crippen molar-refractivity contribution in [2.45, 2.75) is 38.3 Å². The highest BCUT2D eigenvalue weighted by Crippen LogP contribution is 2.52. The summed E-state index contributed by atoms with van der Waals surface area (Å²) in [6, 6.07) is 33.3. The maximum atomic E-state index is 14.8. The van der Waals surface area contributed by atoms with Crippen molar-refractivity contribution < 1.29 is 14.4 Å². The highest BCUT2D eigenvalue weighted by atomic mass is 79.9. The second kappa shape index (κ2) is 10.5. The number of benzene rings is 4. The van der Waals surface area contributed by atoms with E-state index in [4.69, 9.17) is 0 Å². The van der Waals surface area contributed by atoms with Crippen LogP contribution >= 0.6 is 15.9 Å². The minimum Gasteiger partial charge on any atom is -0.307 e. The van der Waals surface area contributed by atoms with E-state index in [0.29, 0.717) is 13.0 Å². The van der Waals surface area contributed by atoms with E-state index in [9.17, 15) is 14.4 Å². The molecule has 0 N–H and O–H groups in total. The number of carbonyl (C=O) groups is 3. The van der Waals surface area contributed by atoms with Crippen LogP contribution in [0.3, 0.4) is 0 Å². The molecule has 6 heteroatoms. The summed E-state index contributed by atoms with van der Waals surface area (Å²) >= 11 is 3.44. The molecule has 2 heterocycles. The Labute approximate surface area is 242 Å². The van der Waals surface area contributed by atoms with Crippen LogP contribution in [0.15, 0.2) is 108 Å². The van der Waals surface area contributed by atoms with Crippen molar-refractivity contribution in [3.8, 4) is 0 Å². The first-order chi connectivity index (χ1) is 19.4. The van der Waals surface area contributed by atoms with Crippen LogP contribution in [-0.2, 0) is 39.3 Å². The molecular weight excluding hydrogens is 564 g/mol. The zero-order chi connectivity index (χ0) is 27.9. The van der Waals surface area contributed by atoms with Crippen LogP contribution in [0.25, 0.3) is 0 Å². The van der Waals surface area contributed by atoms with E-state index in [1.807, 2.05) is 115 Å². The van der Waals surface area contributed by atoms with Gasteiger partial charge in [-0.3, -0.25) is 19.3 Å². The number of amides is 3. The Morgan fingerprint density at radius 2 is 1.35 bits per heavy atom. The molecule has 2 atom stereocenters. The third-order valence-electron chi connectivity index (χ3n) is 8.15. The van der Waals surface area contributed by atoms with Crippen molar-refractivity contribution in [2.75, 3.05) is 4.90 Å². The van der Waals surface area contributed by atoms with Crippen LogP contribution in [0.2, 0.25) is 0 Å². The minimum atomic E-state index is -1.20. The molecule has 0 aliphatic carbocycles. The van der Waals surface area contributed by atoms with Crippen molar-refractivity contribution >= 4 is 39.3 Å². The second-order valence-corrected chi connectivity index (χ2v) is 11.6. The normalized spacial score (nSPS) is 20.4. The van der Waals surface area contributed by atoms with Crippen LogP contribution in [0.1, 0.15) is 34.2 Å². The predicted molar refractivity (Wildman–Crippen MR) is 158 cm³/mol. The van der Waals surface area contributed by atoms with E-state index in [-0.39, 0.29) is 30.7 Å². The average Bonchev–Trinajstić information content (AvgIpc) is 3.36. The largest absolute Gasteiger partial charge is 0.307 e. The first kappa shape index (κ1) is 26.2. The number of nitrogens with zero attached hydrogens (tertiary/aromatic N) is 2. The van der Waals surface area contributed by atoms with Crippen molar-refractivity contribution in [1.29, 1.82) is 0 Å². The highest BCUT2D eigenvalue weighted by molar-refractivity contribution is 9.10. The summed E-state index contributed by atoms with van der Waals surface area (Å²) in [6.45, 7) is 2.58.